The molecular weight excluding hydrogens is 628 g/mol. The topological polar surface area (TPSA) is 268 Å². The van der Waals surface area contributed by atoms with Gasteiger partial charge in [-0.2, -0.15) is 0 Å². The number of aliphatic hydroxyl groups excluding tert-OH is 2. The minimum atomic E-state index is -4.83. The summed E-state index contributed by atoms with van der Waals surface area (Å²) in [7, 11) is -8.25. The number of phenolic OH excluding ortho intramolecular Hbond substituents is 1. The number of aliphatic hydroxyl groups is 2. The van der Waals surface area contributed by atoms with Gasteiger partial charge >= 0.3 is 21.2 Å². The fraction of sp³-hybridized carbons (Fsp3) is 0.500. The smallest absolute Gasteiger partial charge is 0.342 e. The standard InChI is InChI=1S/C24H33N5O13P2/c1-12-15-6-39-24(33)17(15)20(32)14(21(12)38-3)4-5-41-43(34,35)11-44(36,37)42-7-16(19(31)13(2)30)40-10-29-9-28-18-22(25)26-8-27-23(18)29/h8-9,13,16,19,30-32H,4-7,10-11H2,1-3H3,(H,34,35)(H,36,37)(H2,25,26,27)/t13-,16?,19?/m1/s1. The monoisotopic (exact) mass is 661 g/mol. The van der Waals surface area contributed by atoms with Crippen LogP contribution < -0.4 is 10.5 Å². The van der Waals surface area contributed by atoms with Gasteiger partial charge in [0.25, 0.3) is 0 Å². The summed E-state index contributed by atoms with van der Waals surface area (Å²) in [6.07, 6.45) is -1.96. The van der Waals surface area contributed by atoms with Crippen LogP contribution in [-0.4, -0.2) is 95.1 Å². The fourth-order valence-electron chi connectivity index (χ4n) is 4.58. The zero-order valence-corrected chi connectivity index (χ0v) is 25.7. The highest BCUT2D eigenvalue weighted by molar-refractivity contribution is 7.70. The number of carbonyl (C=O) groups is 1. The lowest BCUT2D eigenvalue weighted by molar-refractivity contribution is -0.116. The van der Waals surface area contributed by atoms with Gasteiger partial charge in [0.2, 0.25) is 0 Å². The average molecular weight is 661 g/mol. The average Bonchev–Trinajstić information content (AvgIpc) is 3.55. The number of nitrogen functional groups attached to an aromatic ring is 1. The van der Waals surface area contributed by atoms with Crippen LogP contribution in [-0.2, 0) is 47.4 Å². The van der Waals surface area contributed by atoms with E-state index in [1.807, 2.05) is 0 Å². The molecule has 18 nitrogen and oxygen atoms in total. The number of methoxy groups -OCH3 is 1. The van der Waals surface area contributed by atoms with E-state index in [0.29, 0.717) is 22.3 Å². The molecular formula is C24H33N5O13P2. The van der Waals surface area contributed by atoms with E-state index in [4.69, 9.17) is 29.0 Å². The van der Waals surface area contributed by atoms with Crippen molar-refractivity contribution in [3.05, 3.63) is 34.9 Å². The molecule has 0 fully saturated rings. The van der Waals surface area contributed by atoms with Crippen LogP contribution in [0.15, 0.2) is 12.7 Å². The Morgan fingerprint density at radius 1 is 1.16 bits per heavy atom. The third kappa shape index (κ3) is 7.37. The highest BCUT2D eigenvalue weighted by atomic mass is 31.2. The predicted octanol–water partition coefficient (Wildman–Crippen LogP) is 0.790. The van der Waals surface area contributed by atoms with E-state index in [0.717, 1.165) is 0 Å². The Morgan fingerprint density at radius 2 is 1.86 bits per heavy atom. The van der Waals surface area contributed by atoms with Crippen LogP contribution in [0.3, 0.4) is 0 Å². The molecule has 0 amide bonds. The van der Waals surface area contributed by atoms with E-state index in [1.54, 1.807) is 6.92 Å². The van der Waals surface area contributed by atoms with Crippen molar-refractivity contribution in [2.45, 2.75) is 51.9 Å². The van der Waals surface area contributed by atoms with Crippen molar-refractivity contribution in [2.75, 3.05) is 32.0 Å². The molecule has 3 aromatic rings. The molecule has 44 heavy (non-hydrogen) atoms. The van der Waals surface area contributed by atoms with Gasteiger partial charge in [0.05, 0.1) is 32.8 Å². The van der Waals surface area contributed by atoms with Crippen LogP contribution in [0, 0.1) is 6.92 Å². The Bertz CT molecular complexity index is 1630. The second kappa shape index (κ2) is 13.4. The number of aromatic nitrogens is 4. The van der Waals surface area contributed by atoms with Crippen LogP contribution in [0.1, 0.15) is 34.0 Å². The number of rotatable bonds is 15. The van der Waals surface area contributed by atoms with E-state index in [2.05, 4.69) is 15.0 Å². The largest absolute Gasteiger partial charge is 0.507 e. The Kier molecular flexibility index (Phi) is 10.3. The Labute approximate surface area is 250 Å². The first kappa shape index (κ1) is 33.7. The molecule has 0 saturated heterocycles. The van der Waals surface area contributed by atoms with Crippen molar-refractivity contribution >= 4 is 38.1 Å². The van der Waals surface area contributed by atoms with Crippen molar-refractivity contribution in [3.8, 4) is 11.5 Å². The maximum absolute atomic E-state index is 12.7. The van der Waals surface area contributed by atoms with Crippen LogP contribution in [0.2, 0.25) is 0 Å². The first-order valence-electron chi connectivity index (χ1n) is 13.1. The van der Waals surface area contributed by atoms with Crippen molar-refractivity contribution in [1.29, 1.82) is 0 Å². The normalized spacial score (nSPS) is 17.8. The molecule has 20 heteroatoms. The quantitative estimate of drug-likeness (QED) is 0.0970. The number of hydrogen-bond acceptors (Lipinski definition) is 15. The molecule has 242 valence electrons. The number of nitrogens with zero attached hydrogens (tertiary/aromatic N) is 4. The van der Waals surface area contributed by atoms with E-state index in [-0.39, 0.29) is 42.5 Å². The number of esters is 1. The first-order valence-corrected chi connectivity index (χ1v) is 16.6. The summed E-state index contributed by atoms with van der Waals surface area (Å²) in [6.45, 7) is 1.31. The van der Waals surface area contributed by atoms with Crippen LogP contribution >= 0.6 is 15.2 Å². The lowest BCUT2D eigenvalue weighted by atomic mass is 9.95. The molecule has 3 heterocycles. The van der Waals surface area contributed by atoms with Gasteiger partial charge in [-0.25, -0.2) is 19.7 Å². The maximum atomic E-state index is 12.7. The van der Waals surface area contributed by atoms with Crippen molar-refractivity contribution in [2.24, 2.45) is 0 Å². The molecule has 0 aliphatic carbocycles. The molecule has 0 spiro atoms. The molecule has 1 aliphatic heterocycles. The number of hydrogen-bond donors (Lipinski definition) is 6. The predicted molar refractivity (Wildman–Crippen MR) is 151 cm³/mol. The number of cyclic esters (lactones) is 1. The molecule has 1 aromatic carbocycles. The number of fused-ring (bicyclic) bond motifs is 2. The number of aromatic hydroxyl groups is 1. The van der Waals surface area contributed by atoms with Gasteiger partial charge in [0.15, 0.2) is 17.4 Å². The number of nitrogens with two attached hydrogens (primary N) is 1. The van der Waals surface area contributed by atoms with Crippen LogP contribution in [0.4, 0.5) is 5.82 Å². The van der Waals surface area contributed by atoms with Crippen LogP contribution in [0.5, 0.6) is 11.5 Å². The summed E-state index contributed by atoms with van der Waals surface area (Å²) in [4.78, 5) is 44.6. The number of carbonyl (C=O) groups excluding carboxylic acids is 1. The minimum Gasteiger partial charge on any atom is -0.507 e. The summed E-state index contributed by atoms with van der Waals surface area (Å²) in [5, 5.41) is 30.9. The van der Waals surface area contributed by atoms with Gasteiger partial charge in [0.1, 0.15) is 54.5 Å². The SMILES string of the molecule is COc1c(C)c2c(c(O)c1CCOP(=O)(O)CP(=O)(O)OCC(OCn1cnc3c(N)ncnc31)C(O)[C@@H](C)O)C(=O)OC2. The maximum Gasteiger partial charge on any atom is 0.342 e. The van der Waals surface area contributed by atoms with Crippen LogP contribution in [0.25, 0.3) is 11.2 Å². The highest BCUT2D eigenvalue weighted by Gasteiger charge is 2.37. The van der Waals surface area contributed by atoms with Gasteiger partial charge in [-0.3, -0.25) is 13.7 Å². The molecule has 7 N–H and O–H groups in total. The first-order chi connectivity index (χ1) is 20.7. The van der Waals surface area contributed by atoms with E-state index < -0.39 is 64.3 Å². The molecule has 0 bridgehead atoms. The van der Waals surface area contributed by atoms with E-state index in [1.165, 1.54) is 31.3 Å². The Morgan fingerprint density at radius 3 is 2.55 bits per heavy atom. The Hall–Kier alpha value is -3.18. The van der Waals surface area contributed by atoms with Gasteiger partial charge in [-0.1, -0.05) is 0 Å². The van der Waals surface area contributed by atoms with Gasteiger partial charge < -0.3 is 54.1 Å². The number of phenols is 1. The van der Waals surface area contributed by atoms with E-state index >= 15 is 0 Å². The van der Waals surface area contributed by atoms with Gasteiger partial charge in [-0.15, -0.1) is 0 Å². The zero-order chi connectivity index (χ0) is 32.4. The fourth-order valence-corrected chi connectivity index (χ4v) is 7.80. The Balaban J connectivity index is 1.37. The molecule has 2 aromatic heterocycles. The molecule has 0 saturated carbocycles. The number of imidazole rings is 1. The van der Waals surface area contributed by atoms with Gasteiger partial charge in [-0.05, 0) is 19.4 Å². The molecule has 0 radical (unpaired) electrons. The zero-order valence-electron chi connectivity index (χ0n) is 23.9. The summed E-state index contributed by atoms with van der Waals surface area (Å²) in [6, 6.07) is 0. The van der Waals surface area contributed by atoms with Gasteiger partial charge in [0, 0.05) is 17.5 Å². The molecule has 4 rings (SSSR count). The lowest BCUT2D eigenvalue weighted by Crippen LogP contribution is -2.40. The molecule has 5 atom stereocenters. The third-order valence-corrected chi connectivity index (χ3v) is 10.8. The van der Waals surface area contributed by atoms with Crippen molar-refractivity contribution < 1.29 is 62.3 Å². The summed E-state index contributed by atoms with van der Waals surface area (Å²) >= 11 is 0. The van der Waals surface area contributed by atoms with Crippen molar-refractivity contribution in [3.63, 3.8) is 0 Å². The molecule has 1 aliphatic rings. The number of anilines is 1. The number of ether oxygens (including phenoxy) is 3. The van der Waals surface area contributed by atoms with Crippen molar-refractivity contribution in [1.82, 2.24) is 19.5 Å². The number of benzene rings is 1. The van der Waals surface area contributed by atoms with E-state index in [9.17, 15) is 39.0 Å². The highest BCUT2D eigenvalue weighted by Crippen LogP contribution is 2.58. The second-order valence-corrected chi connectivity index (χ2v) is 14.1. The summed E-state index contributed by atoms with van der Waals surface area (Å²) in [5.41, 5.74) is 7.44. The third-order valence-electron chi connectivity index (χ3n) is 6.82. The lowest BCUT2D eigenvalue weighted by Gasteiger charge is -2.26. The molecule has 4 unspecified atom stereocenters. The summed E-state index contributed by atoms with van der Waals surface area (Å²) < 4.78 is 52.8. The minimum absolute atomic E-state index is 0.0338. The summed E-state index contributed by atoms with van der Waals surface area (Å²) in [5.74, 6) is -2.11. The second-order valence-electron chi connectivity index (χ2n) is 9.92.